The van der Waals surface area contributed by atoms with Crippen LogP contribution in [-0.2, 0) is 0 Å². The molecule has 2 N–H and O–H groups in total. The first-order chi connectivity index (χ1) is 9.65. The summed E-state index contributed by atoms with van der Waals surface area (Å²) in [5.74, 6) is 0.840. The van der Waals surface area contributed by atoms with Crippen LogP contribution >= 0.6 is 11.6 Å². The molecule has 0 aliphatic heterocycles. The van der Waals surface area contributed by atoms with Gasteiger partial charge in [0.25, 0.3) is 5.89 Å². The van der Waals surface area contributed by atoms with E-state index in [1.54, 1.807) is 30.6 Å². The van der Waals surface area contributed by atoms with Crippen molar-refractivity contribution in [3.63, 3.8) is 0 Å². The van der Waals surface area contributed by atoms with Gasteiger partial charge >= 0.3 is 0 Å². The Bertz CT molecular complexity index is 769. The van der Waals surface area contributed by atoms with Gasteiger partial charge in [0.15, 0.2) is 0 Å². The molecule has 0 unspecified atom stereocenters. The highest BCUT2D eigenvalue weighted by atomic mass is 35.5. The summed E-state index contributed by atoms with van der Waals surface area (Å²) in [6.45, 7) is 1.94. The second kappa shape index (κ2) is 4.94. The van der Waals surface area contributed by atoms with Gasteiger partial charge in [-0.1, -0.05) is 16.8 Å². The van der Waals surface area contributed by atoms with Crippen LogP contribution in [0.5, 0.6) is 0 Å². The molecule has 0 saturated carbocycles. The maximum absolute atomic E-state index is 6.12. The van der Waals surface area contributed by atoms with Crippen LogP contribution in [0.25, 0.3) is 22.8 Å². The topological polar surface area (TPSA) is 77.8 Å². The zero-order chi connectivity index (χ0) is 14.1. The Morgan fingerprint density at radius 2 is 2.05 bits per heavy atom. The molecule has 0 amide bonds. The fraction of sp³-hybridized carbons (Fsp3) is 0.0714. The number of nitrogens with two attached hydrogens (primary N) is 1. The zero-order valence-corrected chi connectivity index (χ0v) is 11.4. The molecule has 0 aliphatic carbocycles. The van der Waals surface area contributed by atoms with E-state index in [0.717, 1.165) is 11.1 Å². The van der Waals surface area contributed by atoms with E-state index in [9.17, 15) is 0 Å². The molecular formula is C14H11ClN4O. The van der Waals surface area contributed by atoms with Crippen LogP contribution in [0.4, 0.5) is 5.69 Å². The predicted molar refractivity (Wildman–Crippen MR) is 77.1 cm³/mol. The lowest BCUT2D eigenvalue weighted by Gasteiger charge is -2.00. The van der Waals surface area contributed by atoms with Gasteiger partial charge in [-0.25, -0.2) is 0 Å². The van der Waals surface area contributed by atoms with Crippen LogP contribution in [0, 0.1) is 6.92 Å². The van der Waals surface area contributed by atoms with Crippen molar-refractivity contribution in [2.45, 2.75) is 6.92 Å². The summed E-state index contributed by atoms with van der Waals surface area (Å²) in [6.07, 6.45) is 3.44. The van der Waals surface area contributed by atoms with Gasteiger partial charge in [0.05, 0.1) is 10.6 Å². The number of nitrogen functional groups attached to an aromatic ring is 1. The molecule has 0 bridgehead atoms. The number of nitrogens with zero attached hydrogens (tertiary/aromatic N) is 3. The second-order valence-electron chi connectivity index (χ2n) is 4.35. The molecule has 100 valence electrons. The van der Waals surface area contributed by atoms with Gasteiger partial charge < -0.3 is 10.3 Å². The van der Waals surface area contributed by atoms with Gasteiger partial charge in [-0.3, -0.25) is 4.98 Å². The van der Waals surface area contributed by atoms with E-state index in [1.165, 1.54) is 0 Å². The lowest BCUT2D eigenvalue weighted by molar-refractivity contribution is 0.432. The molecule has 2 aromatic heterocycles. The van der Waals surface area contributed by atoms with Gasteiger partial charge in [-0.15, -0.1) is 0 Å². The van der Waals surface area contributed by atoms with Gasteiger partial charge in [0.1, 0.15) is 0 Å². The van der Waals surface area contributed by atoms with Crippen molar-refractivity contribution in [2.24, 2.45) is 0 Å². The standard InChI is InChI=1S/C14H11ClN4O/c1-8-7-17-5-4-10(8)13-18-14(20-19-13)11-6-9(16)2-3-12(11)15/h2-7H,16H2,1H3. The zero-order valence-electron chi connectivity index (χ0n) is 10.7. The second-order valence-corrected chi connectivity index (χ2v) is 4.76. The Hall–Kier alpha value is -2.40. The van der Waals surface area contributed by atoms with Crippen molar-refractivity contribution in [3.05, 3.63) is 47.2 Å². The first kappa shape index (κ1) is 12.6. The van der Waals surface area contributed by atoms with E-state index >= 15 is 0 Å². The number of aryl methyl sites for hydroxylation is 1. The van der Waals surface area contributed by atoms with Gasteiger partial charge in [-0.2, -0.15) is 4.98 Å². The number of hydrogen-bond donors (Lipinski definition) is 1. The Labute approximate surface area is 120 Å². The average Bonchev–Trinajstić information content (AvgIpc) is 2.91. The molecule has 0 atom stereocenters. The molecule has 1 aromatic carbocycles. The number of rotatable bonds is 2. The predicted octanol–water partition coefficient (Wildman–Crippen LogP) is 3.34. The van der Waals surface area contributed by atoms with Gasteiger partial charge in [-0.05, 0) is 36.8 Å². The Morgan fingerprint density at radius 3 is 2.85 bits per heavy atom. The fourth-order valence-corrected chi connectivity index (χ4v) is 2.07. The van der Waals surface area contributed by atoms with Crippen molar-refractivity contribution >= 4 is 17.3 Å². The largest absolute Gasteiger partial charge is 0.399 e. The van der Waals surface area contributed by atoms with Crippen LogP contribution in [0.3, 0.4) is 0 Å². The molecule has 0 spiro atoms. The highest BCUT2D eigenvalue weighted by molar-refractivity contribution is 6.33. The number of hydrogen-bond acceptors (Lipinski definition) is 5. The quantitative estimate of drug-likeness (QED) is 0.731. The maximum Gasteiger partial charge on any atom is 0.259 e. The smallest absolute Gasteiger partial charge is 0.259 e. The molecule has 0 saturated heterocycles. The van der Waals surface area contributed by atoms with E-state index in [-0.39, 0.29) is 0 Å². The van der Waals surface area contributed by atoms with E-state index in [0.29, 0.717) is 28.0 Å². The van der Waals surface area contributed by atoms with Crippen molar-refractivity contribution < 1.29 is 4.52 Å². The number of aromatic nitrogens is 3. The van der Waals surface area contributed by atoms with E-state index in [4.69, 9.17) is 21.9 Å². The van der Waals surface area contributed by atoms with Crippen LogP contribution in [-0.4, -0.2) is 15.1 Å². The number of benzene rings is 1. The Kier molecular flexibility index (Phi) is 3.12. The molecule has 0 aliphatic rings. The molecule has 3 rings (SSSR count). The van der Waals surface area contributed by atoms with Crippen molar-refractivity contribution in [3.8, 4) is 22.8 Å². The minimum atomic E-state index is 0.341. The summed E-state index contributed by atoms with van der Waals surface area (Å²) < 4.78 is 5.27. The molecule has 20 heavy (non-hydrogen) atoms. The lowest BCUT2D eigenvalue weighted by atomic mass is 10.1. The third kappa shape index (κ3) is 2.23. The highest BCUT2D eigenvalue weighted by Crippen LogP contribution is 2.30. The van der Waals surface area contributed by atoms with E-state index in [2.05, 4.69) is 15.1 Å². The summed E-state index contributed by atoms with van der Waals surface area (Å²) >= 11 is 6.12. The van der Waals surface area contributed by atoms with E-state index in [1.807, 2.05) is 13.0 Å². The molecule has 3 aromatic rings. The summed E-state index contributed by atoms with van der Waals surface area (Å²) in [4.78, 5) is 8.41. The first-order valence-electron chi connectivity index (χ1n) is 5.95. The van der Waals surface area contributed by atoms with Crippen LogP contribution in [0.1, 0.15) is 5.56 Å². The van der Waals surface area contributed by atoms with Gasteiger partial charge in [0, 0.05) is 23.6 Å². The summed E-state index contributed by atoms with van der Waals surface area (Å²) in [7, 11) is 0. The third-order valence-corrected chi connectivity index (χ3v) is 3.24. The average molecular weight is 287 g/mol. The van der Waals surface area contributed by atoms with E-state index < -0.39 is 0 Å². The summed E-state index contributed by atoms with van der Waals surface area (Å²) in [5, 5.41) is 4.50. The van der Waals surface area contributed by atoms with Crippen LogP contribution < -0.4 is 5.73 Å². The Morgan fingerprint density at radius 1 is 1.20 bits per heavy atom. The monoisotopic (exact) mass is 286 g/mol. The van der Waals surface area contributed by atoms with Crippen molar-refractivity contribution in [1.82, 2.24) is 15.1 Å². The van der Waals surface area contributed by atoms with Crippen molar-refractivity contribution in [2.75, 3.05) is 5.73 Å². The highest BCUT2D eigenvalue weighted by Gasteiger charge is 2.14. The number of pyridine rings is 1. The molecule has 2 heterocycles. The molecular weight excluding hydrogens is 276 g/mol. The molecule has 0 fully saturated rings. The fourth-order valence-electron chi connectivity index (χ4n) is 1.87. The minimum Gasteiger partial charge on any atom is -0.399 e. The normalized spacial score (nSPS) is 10.7. The summed E-state index contributed by atoms with van der Waals surface area (Å²) in [5.41, 5.74) is 8.80. The Balaban J connectivity index is 2.07. The summed E-state index contributed by atoms with van der Waals surface area (Å²) in [6, 6.07) is 6.97. The number of anilines is 1. The minimum absolute atomic E-state index is 0.341. The molecule has 0 radical (unpaired) electrons. The van der Waals surface area contributed by atoms with Crippen molar-refractivity contribution in [1.29, 1.82) is 0 Å². The molecule has 5 nitrogen and oxygen atoms in total. The molecule has 6 heteroatoms. The van der Waals surface area contributed by atoms with Crippen LogP contribution in [0.15, 0.2) is 41.2 Å². The third-order valence-electron chi connectivity index (χ3n) is 2.91. The van der Waals surface area contributed by atoms with Crippen LogP contribution in [0.2, 0.25) is 5.02 Å². The maximum atomic E-state index is 6.12. The van der Waals surface area contributed by atoms with Gasteiger partial charge in [0.2, 0.25) is 5.82 Å². The number of halogens is 1. The lowest BCUT2D eigenvalue weighted by Crippen LogP contribution is -1.88. The SMILES string of the molecule is Cc1cnccc1-c1noc(-c2cc(N)ccc2Cl)n1. The first-order valence-corrected chi connectivity index (χ1v) is 6.33.